The molecule has 21 heavy (non-hydrogen) atoms. The molecule has 0 atom stereocenters. The van der Waals surface area contributed by atoms with E-state index in [4.69, 9.17) is 11.6 Å². The van der Waals surface area contributed by atoms with Gasteiger partial charge in [0.2, 0.25) is 5.13 Å². The zero-order valence-electron chi connectivity index (χ0n) is 11.8. The molecule has 0 fully saturated rings. The Bertz CT molecular complexity index is 635. The zero-order chi connectivity index (χ0) is 15.2. The summed E-state index contributed by atoms with van der Waals surface area (Å²) in [4.78, 5) is 17.2. The minimum Gasteiger partial charge on any atom is -0.372 e. The molecule has 2 aromatic rings. The van der Waals surface area contributed by atoms with Crippen LogP contribution in [0.4, 0.5) is 16.5 Å². The first kappa shape index (κ1) is 15.6. The molecule has 0 N–H and O–H groups in total. The summed E-state index contributed by atoms with van der Waals surface area (Å²) in [6, 6.07) is 7.81. The Morgan fingerprint density at radius 2 is 1.90 bits per heavy atom. The first-order chi connectivity index (χ1) is 10.2. The van der Waals surface area contributed by atoms with Gasteiger partial charge in [0, 0.05) is 18.8 Å². The minimum atomic E-state index is 0.167. The fraction of sp³-hybridized carbons (Fsp3) is 0.286. The molecule has 0 radical (unpaired) electrons. The van der Waals surface area contributed by atoms with Gasteiger partial charge in [0.1, 0.15) is 4.88 Å². The lowest BCUT2D eigenvalue weighted by molar-refractivity contribution is 0.112. The second-order valence-electron chi connectivity index (χ2n) is 4.16. The molecular formula is C14H15ClN4OS. The molecule has 7 heteroatoms. The number of hydrogen-bond donors (Lipinski definition) is 0. The lowest BCUT2D eigenvalue weighted by Crippen LogP contribution is -2.21. The summed E-state index contributed by atoms with van der Waals surface area (Å²) in [7, 11) is 0. The highest BCUT2D eigenvalue weighted by Crippen LogP contribution is 2.29. The molecule has 0 amide bonds. The molecule has 0 bridgehead atoms. The van der Waals surface area contributed by atoms with E-state index in [0.717, 1.165) is 35.8 Å². The lowest BCUT2D eigenvalue weighted by Gasteiger charge is -2.20. The molecule has 0 saturated heterocycles. The first-order valence-corrected chi connectivity index (χ1v) is 7.75. The Hall–Kier alpha value is -1.79. The predicted octanol–water partition coefficient (Wildman–Crippen LogP) is 4.87. The number of nitrogens with zero attached hydrogens (tertiary/aromatic N) is 4. The third-order valence-electron chi connectivity index (χ3n) is 2.93. The number of carbonyl (C=O) groups excluding carboxylic acids is 1. The van der Waals surface area contributed by atoms with Crippen molar-refractivity contribution in [2.45, 2.75) is 13.8 Å². The molecule has 0 unspecified atom stereocenters. The van der Waals surface area contributed by atoms with Gasteiger partial charge < -0.3 is 4.90 Å². The van der Waals surface area contributed by atoms with E-state index in [1.807, 2.05) is 24.3 Å². The Balaban J connectivity index is 2.12. The van der Waals surface area contributed by atoms with Crippen LogP contribution >= 0.6 is 22.9 Å². The number of aldehydes is 1. The van der Waals surface area contributed by atoms with Crippen LogP contribution in [0.3, 0.4) is 0 Å². The maximum atomic E-state index is 10.7. The van der Waals surface area contributed by atoms with Crippen molar-refractivity contribution in [1.82, 2.24) is 4.98 Å². The molecule has 0 aliphatic rings. The van der Waals surface area contributed by atoms with Gasteiger partial charge in [-0.2, -0.15) is 0 Å². The van der Waals surface area contributed by atoms with Crippen LogP contribution in [0, 0.1) is 0 Å². The van der Waals surface area contributed by atoms with Crippen LogP contribution in [0.25, 0.3) is 0 Å². The summed E-state index contributed by atoms with van der Waals surface area (Å²) >= 11 is 6.89. The highest BCUT2D eigenvalue weighted by atomic mass is 35.5. The molecule has 2 rings (SSSR count). The molecule has 1 aromatic heterocycles. The second-order valence-corrected chi connectivity index (χ2v) is 5.53. The van der Waals surface area contributed by atoms with Crippen LogP contribution in [0.5, 0.6) is 0 Å². The highest BCUT2D eigenvalue weighted by Gasteiger charge is 2.07. The molecular weight excluding hydrogens is 308 g/mol. The Labute approximate surface area is 132 Å². The lowest BCUT2D eigenvalue weighted by atomic mass is 10.2. The van der Waals surface area contributed by atoms with Crippen LogP contribution in [0.2, 0.25) is 5.15 Å². The largest absolute Gasteiger partial charge is 0.372 e. The number of thiazole rings is 1. The number of carbonyl (C=O) groups is 1. The van der Waals surface area contributed by atoms with Crippen molar-refractivity contribution < 1.29 is 4.79 Å². The van der Waals surface area contributed by atoms with Gasteiger partial charge in [0.25, 0.3) is 0 Å². The Morgan fingerprint density at radius 3 is 2.43 bits per heavy atom. The third-order valence-corrected chi connectivity index (χ3v) is 4.20. The van der Waals surface area contributed by atoms with Crippen molar-refractivity contribution in [3.63, 3.8) is 0 Å². The molecule has 1 aromatic carbocycles. The molecule has 0 saturated carbocycles. The average molecular weight is 323 g/mol. The quantitative estimate of drug-likeness (QED) is 0.563. The summed E-state index contributed by atoms with van der Waals surface area (Å²) in [5.41, 5.74) is 1.88. The van der Waals surface area contributed by atoms with Gasteiger partial charge in [-0.3, -0.25) is 4.79 Å². The number of halogens is 1. The van der Waals surface area contributed by atoms with Crippen LogP contribution in [0.15, 0.2) is 34.5 Å². The van der Waals surface area contributed by atoms with E-state index in [2.05, 4.69) is 34.0 Å². The monoisotopic (exact) mass is 322 g/mol. The fourth-order valence-corrected chi connectivity index (χ4v) is 2.72. The third kappa shape index (κ3) is 3.86. The van der Waals surface area contributed by atoms with E-state index in [1.165, 1.54) is 0 Å². The second kappa shape index (κ2) is 7.28. The molecule has 5 nitrogen and oxygen atoms in total. The van der Waals surface area contributed by atoms with Gasteiger partial charge in [-0.05, 0) is 38.1 Å². The topological polar surface area (TPSA) is 57.9 Å². The fourth-order valence-electron chi connectivity index (χ4n) is 1.84. The average Bonchev–Trinajstić information content (AvgIpc) is 2.88. The maximum Gasteiger partial charge on any atom is 0.232 e. The number of anilines is 1. The van der Waals surface area contributed by atoms with Gasteiger partial charge in [-0.15, -0.1) is 10.2 Å². The summed E-state index contributed by atoms with van der Waals surface area (Å²) < 4.78 is 0. The van der Waals surface area contributed by atoms with E-state index in [1.54, 1.807) is 0 Å². The highest BCUT2D eigenvalue weighted by molar-refractivity contribution is 7.17. The summed E-state index contributed by atoms with van der Waals surface area (Å²) in [5.74, 6) is 0. The minimum absolute atomic E-state index is 0.167. The van der Waals surface area contributed by atoms with Crippen molar-refractivity contribution in [3.8, 4) is 0 Å². The molecule has 110 valence electrons. The van der Waals surface area contributed by atoms with Crippen LogP contribution in [0.1, 0.15) is 23.5 Å². The molecule has 0 aliphatic heterocycles. The van der Waals surface area contributed by atoms with Gasteiger partial charge >= 0.3 is 0 Å². The standard InChI is InChI=1S/C14H15ClN4OS/c1-3-19(4-2)11-7-5-10(6-8-11)17-18-14-16-13(15)12(9-20)21-14/h5-9H,3-4H2,1-2H3/b18-17+. The number of azo groups is 1. The number of benzene rings is 1. The van der Waals surface area contributed by atoms with Crippen LogP contribution in [-0.4, -0.2) is 24.4 Å². The number of rotatable bonds is 6. The number of hydrogen-bond acceptors (Lipinski definition) is 6. The molecule has 0 spiro atoms. The van der Waals surface area contributed by atoms with Gasteiger partial charge in [-0.25, -0.2) is 4.98 Å². The van der Waals surface area contributed by atoms with Crippen LogP contribution < -0.4 is 4.90 Å². The van der Waals surface area contributed by atoms with Gasteiger partial charge in [0.15, 0.2) is 11.4 Å². The maximum absolute atomic E-state index is 10.7. The van der Waals surface area contributed by atoms with E-state index in [9.17, 15) is 4.79 Å². The van der Waals surface area contributed by atoms with Crippen molar-refractivity contribution in [1.29, 1.82) is 0 Å². The van der Waals surface area contributed by atoms with Crippen molar-refractivity contribution in [3.05, 3.63) is 34.3 Å². The van der Waals surface area contributed by atoms with E-state index in [-0.39, 0.29) is 5.15 Å². The smallest absolute Gasteiger partial charge is 0.232 e. The van der Waals surface area contributed by atoms with Gasteiger partial charge in [-0.1, -0.05) is 22.9 Å². The van der Waals surface area contributed by atoms with Crippen molar-refractivity contribution >= 4 is 45.7 Å². The van der Waals surface area contributed by atoms with E-state index in [0.29, 0.717) is 16.3 Å². The Kier molecular flexibility index (Phi) is 5.41. The summed E-state index contributed by atoms with van der Waals surface area (Å²) in [6.07, 6.45) is 0.665. The first-order valence-electron chi connectivity index (χ1n) is 6.56. The summed E-state index contributed by atoms with van der Waals surface area (Å²) in [6.45, 7) is 6.16. The Morgan fingerprint density at radius 1 is 1.24 bits per heavy atom. The van der Waals surface area contributed by atoms with Crippen LogP contribution in [-0.2, 0) is 0 Å². The van der Waals surface area contributed by atoms with Gasteiger partial charge in [0.05, 0.1) is 5.69 Å². The van der Waals surface area contributed by atoms with Crippen molar-refractivity contribution in [2.24, 2.45) is 10.2 Å². The SMILES string of the molecule is CCN(CC)c1ccc(/N=N/c2nc(Cl)c(C=O)s2)cc1. The van der Waals surface area contributed by atoms with Crippen molar-refractivity contribution in [2.75, 3.05) is 18.0 Å². The summed E-state index contributed by atoms with van der Waals surface area (Å²) in [5, 5.41) is 8.63. The van der Waals surface area contributed by atoms with E-state index >= 15 is 0 Å². The zero-order valence-corrected chi connectivity index (χ0v) is 13.4. The normalized spacial score (nSPS) is 11.0. The van der Waals surface area contributed by atoms with E-state index < -0.39 is 0 Å². The number of aromatic nitrogens is 1. The molecule has 0 aliphatic carbocycles. The molecule has 1 heterocycles. The predicted molar refractivity (Wildman–Crippen MR) is 86.7 cm³/mol.